The van der Waals surface area contributed by atoms with Crippen LogP contribution in [0, 0.1) is 0 Å². The number of rotatable bonds is 6. The third kappa shape index (κ3) is 5.14. The molecule has 8 heteroatoms. The van der Waals surface area contributed by atoms with E-state index in [2.05, 4.69) is 15.1 Å². The van der Waals surface area contributed by atoms with Gasteiger partial charge in [-0.25, -0.2) is 13.8 Å². The number of nitrogens with zero attached hydrogens (tertiary/aromatic N) is 4. The average molecular weight is 399 g/mol. The van der Waals surface area contributed by atoms with Crippen molar-refractivity contribution in [2.24, 2.45) is 0 Å². The van der Waals surface area contributed by atoms with Gasteiger partial charge in [0, 0.05) is 69.5 Å². The summed E-state index contributed by atoms with van der Waals surface area (Å²) in [5.41, 5.74) is 2.38. The van der Waals surface area contributed by atoms with Gasteiger partial charge in [0.05, 0.1) is 5.69 Å². The minimum absolute atomic E-state index is 0.0818. The van der Waals surface area contributed by atoms with Crippen LogP contribution in [0.25, 0.3) is 11.4 Å². The van der Waals surface area contributed by atoms with E-state index in [0.29, 0.717) is 44.1 Å². The molecule has 4 rings (SSSR count). The zero-order valence-corrected chi connectivity index (χ0v) is 16.0. The summed E-state index contributed by atoms with van der Waals surface area (Å²) in [5.74, 6) is -2.00. The molecule has 1 aliphatic heterocycles. The van der Waals surface area contributed by atoms with Crippen molar-refractivity contribution >= 4 is 0 Å². The lowest BCUT2D eigenvalue weighted by Gasteiger charge is -2.31. The summed E-state index contributed by atoms with van der Waals surface area (Å²) in [4.78, 5) is 21.4. The zero-order chi connectivity index (χ0) is 20.3. The third-order valence-corrected chi connectivity index (χ3v) is 5.17. The molecule has 0 radical (unpaired) electrons. The number of halogens is 2. The summed E-state index contributed by atoms with van der Waals surface area (Å²) in [5, 5.41) is 4.16. The highest BCUT2D eigenvalue weighted by atomic mass is 19.3. The highest BCUT2D eigenvalue weighted by Crippen LogP contribution is 2.28. The molecule has 1 aliphatic rings. The average Bonchev–Trinajstić information content (AvgIpc) is 3.22. The first-order valence-electron chi connectivity index (χ1n) is 9.74. The van der Waals surface area contributed by atoms with Crippen LogP contribution in [0.1, 0.15) is 24.1 Å². The topological polar surface area (TPSA) is 66.8 Å². The third-order valence-electron chi connectivity index (χ3n) is 5.17. The standard InChI is InChI=1S/C21H23F2N5O/c22-21(23)7-12-27(13-8-21)15-16-2-4-17(5-3-16)20-25-18(14-19(29)26-20)6-11-28-10-1-9-24-28/h1-5,9-10,14H,6-8,11-13,15H2,(H,25,26,29). The van der Waals surface area contributed by atoms with Crippen LogP contribution in [-0.4, -0.2) is 43.7 Å². The summed E-state index contributed by atoms with van der Waals surface area (Å²) in [6.07, 6.45) is 4.03. The van der Waals surface area contributed by atoms with Crippen molar-refractivity contribution < 1.29 is 8.78 Å². The van der Waals surface area contributed by atoms with Gasteiger partial charge < -0.3 is 4.98 Å². The first kappa shape index (κ1) is 19.4. The van der Waals surface area contributed by atoms with Gasteiger partial charge in [0.2, 0.25) is 0 Å². The molecule has 0 atom stereocenters. The quantitative estimate of drug-likeness (QED) is 0.692. The number of H-pyrrole nitrogens is 1. The van der Waals surface area contributed by atoms with Gasteiger partial charge in [-0.3, -0.25) is 14.4 Å². The fourth-order valence-corrected chi connectivity index (χ4v) is 3.50. The number of aromatic nitrogens is 4. The van der Waals surface area contributed by atoms with Gasteiger partial charge in [-0.05, 0) is 11.6 Å². The first-order valence-corrected chi connectivity index (χ1v) is 9.74. The predicted molar refractivity (Wildman–Crippen MR) is 106 cm³/mol. The van der Waals surface area contributed by atoms with Gasteiger partial charge >= 0.3 is 0 Å². The van der Waals surface area contributed by atoms with Crippen molar-refractivity contribution in [2.45, 2.75) is 38.3 Å². The second-order valence-electron chi connectivity index (χ2n) is 7.43. The Morgan fingerprint density at radius 2 is 1.90 bits per heavy atom. The van der Waals surface area contributed by atoms with E-state index < -0.39 is 5.92 Å². The molecule has 1 N–H and O–H groups in total. The second kappa shape index (κ2) is 8.24. The Labute approximate surface area is 167 Å². The molecular formula is C21H23F2N5O. The molecule has 1 saturated heterocycles. The Bertz CT molecular complexity index is 989. The van der Waals surface area contributed by atoms with Gasteiger partial charge in [0.1, 0.15) is 5.82 Å². The Kier molecular flexibility index (Phi) is 5.53. The smallest absolute Gasteiger partial charge is 0.251 e. The van der Waals surface area contributed by atoms with Crippen LogP contribution in [0.3, 0.4) is 0 Å². The minimum atomic E-state index is -2.53. The number of aryl methyl sites for hydroxylation is 2. The molecule has 1 aromatic carbocycles. The largest absolute Gasteiger partial charge is 0.307 e. The van der Waals surface area contributed by atoms with Crippen LogP contribution in [0.4, 0.5) is 8.78 Å². The number of aromatic amines is 1. The van der Waals surface area contributed by atoms with Gasteiger partial charge in [-0.2, -0.15) is 5.10 Å². The predicted octanol–water partition coefficient (Wildman–Crippen LogP) is 3.11. The monoisotopic (exact) mass is 399 g/mol. The van der Waals surface area contributed by atoms with E-state index >= 15 is 0 Å². The van der Waals surface area contributed by atoms with Crippen LogP contribution >= 0.6 is 0 Å². The highest BCUT2D eigenvalue weighted by molar-refractivity contribution is 5.55. The second-order valence-corrected chi connectivity index (χ2v) is 7.43. The number of hydrogen-bond donors (Lipinski definition) is 1. The molecule has 0 amide bonds. The Hall–Kier alpha value is -2.87. The summed E-state index contributed by atoms with van der Waals surface area (Å²) >= 11 is 0. The molecule has 0 bridgehead atoms. The number of benzene rings is 1. The Morgan fingerprint density at radius 1 is 1.14 bits per heavy atom. The molecule has 29 heavy (non-hydrogen) atoms. The zero-order valence-electron chi connectivity index (χ0n) is 16.0. The summed E-state index contributed by atoms with van der Waals surface area (Å²) in [6, 6.07) is 11.1. The van der Waals surface area contributed by atoms with Crippen molar-refractivity contribution in [3.63, 3.8) is 0 Å². The van der Waals surface area contributed by atoms with Gasteiger partial charge in [0.15, 0.2) is 0 Å². The normalized spacial score (nSPS) is 16.8. The lowest BCUT2D eigenvalue weighted by Crippen LogP contribution is -2.38. The van der Waals surface area contributed by atoms with Crippen molar-refractivity contribution in [3.8, 4) is 11.4 Å². The van der Waals surface area contributed by atoms with E-state index in [0.717, 1.165) is 11.1 Å². The van der Waals surface area contributed by atoms with Crippen molar-refractivity contribution in [1.82, 2.24) is 24.6 Å². The van der Waals surface area contributed by atoms with Gasteiger partial charge in [-0.15, -0.1) is 0 Å². The lowest BCUT2D eigenvalue weighted by molar-refractivity contribution is -0.0566. The maximum absolute atomic E-state index is 13.3. The molecule has 152 valence electrons. The lowest BCUT2D eigenvalue weighted by atomic mass is 10.1. The minimum Gasteiger partial charge on any atom is -0.307 e. The SMILES string of the molecule is O=c1cc(CCn2cccn2)nc(-c2ccc(CN3CCC(F)(F)CC3)cc2)[nH]1. The van der Waals surface area contributed by atoms with Crippen LogP contribution in [0.2, 0.25) is 0 Å². The number of likely N-dealkylation sites (tertiary alicyclic amines) is 1. The summed E-state index contributed by atoms with van der Waals surface area (Å²) < 4.78 is 28.4. The number of hydrogen-bond acceptors (Lipinski definition) is 4. The van der Waals surface area contributed by atoms with Crippen molar-refractivity contribution in [3.05, 3.63) is 70.4 Å². The Balaban J connectivity index is 1.42. The summed E-state index contributed by atoms with van der Waals surface area (Å²) in [6.45, 7) is 2.10. The van der Waals surface area contributed by atoms with E-state index in [1.165, 1.54) is 6.07 Å². The molecular weight excluding hydrogens is 376 g/mol. The number of alkyl halides is 2. The maximum Gasteiger partial charge on any atom is 0.251 e. The molecule has 6 nitrogen and oxygen atoms in total. The molecule has 0 aliphatic carbocycles. The van der Waals surface area contributed by atoms with E-state index in [1.54, 1.807) is 10.9 Å². The molecule has 3 aromatic rings. The van der Waals surface area contributed by atoms with Crippen LogP contribution in [0.5, 0.6) is 0 Å². The van der Waals surface area contributed by atoms with Gasteiger partial charge in [0.25, 0.3) is 11.5 Å². The van der Waals surface area contributed by atoms with Gasteiger partial charge in [-0.1, -0.05) is 24.3 Å². The van der Waals surface area contributed by atoms with Crippen molar-refractivity contribution in [2.75, 3.05) is 13.1 Å². The maximum atomic E-state index is 13.3. The number of nitrogens with one attached hydrogen (secondary N) is 1. The first-order chi connectivity index (χ1) is 14.0. The van der Waals surface area contributed by atoms with Crippen molar-refractivity contribution in [1.29, 1.82) is 0 Å². The summed E-state index contributed by atoms with van der Waals surface area (Å²) in [7, 11) is 0. The van der Waals surface area contributed by atoms with Crippen LogP contribution in [-0.2, 0) is 19.5 Å². The van der Waals surface area contributed by atoms with E-state index in [4.69, 9.17) is 0 Å². The number of piperidine rings is 1. The van der Waals surface area contributed by atoms with Crippen LogP contribution < -0.4 is 5.56 Å². The van der Waals surface area contributed by atoms with E-state index in [-0.39, 0.29) is 18.4 Å². The fraction of sp³-hybridized carbons (Fsp3) is 0.381. The molecule has 0 saturated carbocycles. The molecule has 3 heterocycles. The Morgan fingerprint density at radius 3 is 2.59 bits per heavy atom. The molecule has 1 fully saturated rings. The molecule has 0 unspecified atom stereocenters. The van der Waals surface area contributed by atoms with E-state index in [9.17, 15) is 13.6 Å². The highest BCUT2D eigenvalue weighted by Gasteiger charge is 2.33. The van der Waals surface area contributed by atoms with E-state index in [1.807, 2.05) is 41.4 Å². The van der Waals surface area contributed by atoms with Crippen LogP contribution in [0.15, 0.2) is 53.6 Å². The molecule has 2 aromatic heterocycles. The molecule has 0 spiro atoms. The fourth-order valence-electron chi connectivity index (χ4n) is 3.50.